The number of carbonyl (C=O) groups is 2. The molecule has 7 heteroatoms. The van der Waals surface area contributed by atoms with Gasteiger partial charge in [0, 0.05) is 29.7 Å². The molecule has 0 bridgehead atoms. The summed E-state index contributed by atoms with van der Waals surface area (Å²) >= 11 is 0. The van der Waals surface area contributed by atoms with Crippen molar-refractivity contribution in [3.63, 3.8) is 0 Å². The van der Waals surface area contributed by atoms with Gasteiger partial charge in [0.15, 0.2) is 0 Å². The van der Waals surface area contributed by atoms with Crippen LogP contribution in [0.4, 0.5) is 8.78 Å². The molecule has 122 valence electrons. The van der Waals surface area contributed by atoms with Crippen LogP contribution in [0.1, 0.15) is 18.9 Å². The lowest BCUT2D eigenvalue weighted by molar-refractivity contribution is -0.142. The second-order valence-corrected chi connectivity index (χ2v) is 5.22. The van der Waals surface area contributed by atoms with Gasteiger partial charge in [-0.05, 0) is 12.5 Å². The lowest BCUT2D eigenvalue weighted by atomic mass is 9.71. The molecule has 0 saturated heterocycles. The molecule has 0 saturated carbocycles. The Morgan fingerprint density at radius 1 is 1.22 bits per heavy atom. The quantitative estimate of drug-likeness (QED) is 0.889. The number of halogens is 2. The molecule has 23 heavy (non-hydrogen) atoms. The summed E-state index contributed by atoms with van der Waals surface area (Å²) in [5.41, 5.74) is -2.71. The largest absolute Gasteiger partial charge is 0.497 e. The first-order chi connectivity index (χ1) is 10.7. The average molecular weight is 324 g/mol. The number of aliphatic carboxylic acids is 2. The van der Waals surface area contributed by atoms with Crippen LogP contribution in [0.25, 0.3) is 0 Å². The van der Waals surface area contributed by atoms with Crippen molar-refractivity contribution >= 4 is 11.9 Å². The highest BCUT2D eigenvalue weighted by Crippen LogP contribution is 2.41. The molecule has 0 radical (unpaired) electrons. The third-order valence-corrected chi connectivity index (χ3v) is 3.89. The van der Waals surface area contributed by atoms with E-state index < -0.39 is 41.0 Å². The third-order valence-electron chi connectivity index (χ3n) is 3.89. The first kappa shape index (κ1) is 16.7. The molecule has 0 amide bonds. The van der Waals surface area contributed by atoms with Gasteiger partial charge in [0.05, 0.1) is 7.11 Å². The monoisotopic (exact) mass is 324 g/mol. The van der Waals surface area contributed by atoms with Crippen molar-refractivity contribution in [2.75, 3.05) is 7.11 Å². The van der Waals surface area contributed by atoms with Gasteiger partial charge in [-0.1, -0.05) is 12.2 Å². The zero-order valence-electron chi connectivity index (χ0n) is 12.4. The number of carboxylic acids is 2. The predicted octanol–water partition coefficient (Wildman–Crippen LogP) is 2.66. The number of benzene rings is 1. The standard InChI is InChI=1S/C16H14F2O5/c1-8-3-4-16(15(21)22,7-10(8)14(19)20)13-11(17)5-9(23-2)6-12(13)18/h3-6H,7H2,1-2H3,(H,19,20)(H,21,22). The topological polar surface area (TPSA) is 83.8 Å². The molecule has 5 nitrogen and oxygen atoms in total. The van der Waals surface area contributed by atoms with Gasteiger partial charge in [-0.15, -0.1) is 0 Å². The van der Waals surface area contributed by atoms with Gasteiger partial charge in [-0.3, -0.25) is 4.79 Å². The average Bonchev–Trinajstić information content (AvgIpc) is 2.47. The van der Waals surface area contributed by atoms with Crippen molar-refractivity contribution in [1.29, 1.82) is 0 Å². The number of ether oxygens (including phenoxy) is 1. The fourth-order valence-electron chi connectivity index (χ4n) is 2.61. The first-order valence-electron chi connectivity index (χ1n) is 6.62. The van der Waals surface area contributed by atoms with Crippen LogP contribution in [0.15, 0.2) is 35.4 Å². The molecule has 0 spiro atoms. The fourth-order valence-corrected chi connectivity index (χ4v) is 2.61. The Morgan fingerprint density at radius 2 is 1.78 bits per heavy atom. The Morgan fingerprint density at radius 3 is 2.22 bits per heavy atom. The van der Waals surface area contributed by atoms with Gasteiger partial charge in [0.2, 0.25) is 0 Å². The van der Waals surface area contributed by atoms with Crippen molar-refractivity contribution in [3.8, 4) is 5.75 Å². The van der Waals surface area contributed by atoms with E-state index in [4.69, 9.17) is 4.74 Å². The maximum Gasteiger partial charge on any atom is 0.331 e. The maximum absolute atomic E-state index is 14.3. The Bertz CT molecular complexity index is 728. The molecule has 2 rings (SSSR count). The molecule has 1 aromatic carbocycles. The van der Waals surface area contributed by atoms with Crippen molar-refractivity contribution in [2.45, 2.75) is 18.8 Å². The molecule has 0 aliphatic heterocycles. The van der Waals surface area contributed by atoms with E-state index in [0.717, 1.165) is 18.2 Å². The Balaban J connectivity index is 2.69. The van der Waals surface area contributed by atoms with Crippen LogP contribution < -0.4 is 4.74 Å². The Labute approximate surface area is 130 Å². The fraction of sp³-hybridized carbons (Fsp3) is 0.250. The van der Waals surface area contributed by atoms with Gasteiger partial charge in [0.1, 0.15) is 22.8 Å². The summed E-state index contributed by atoms with van der Waals surface area (Å²) in [6, 6.07) is 1.73. The van der Waals surface area contributed by atoms with Crippen molar-refractivity contribution in [2.24, 2.45) is 0 Å². The zero-order valence-corrected chi connectivity index (χ0v) is 12.4. The number of methoxy groups -OCH3 is 1. The molecule has 0 fully saturated rings. The summed E-state index contributed by atoms with van der Waals surface area (Å²) in [6.07, 6.45) is 1.81. The second-order valence-electron chi connectivity index (χ2n) is 5.22. The predicted molar refractivity (Wildman–Crippen MR) is 76.3 cm³/mol. The minimum Gasteiger partial charge on any atom is -0.497 e. The molecular weight excluding hydrogens is 310 g/mol. The van der Waals surface area contributed by atoms with Crippen LogP contribution in [0.5, 0.6) is 5.75 Å². The Kier molecular flexibility index (Phi) is 4.22. The van der Waals surface area contributed by atoms with Crippen LogP contribution in [-0.4, -0.2) is 29.3 Å². The number of hydrogen-bond donors (Lipinski definition) is 2. The van der Waals surface area contributed by atoms with E-state index in [9.17, 15) is 28.6 Å². The van der Waals surface area contributed by atoms with E-state index in [0.29, 0.717) is 5.57 Å². The van der Waals surface area contributed by atoms with E-state index in [1.807, 2.05) is 0 Å². The third kappa shape index (κ3) is 2.69. The van der Waals surface area contributed by atoms with Crippen LogP contribution in [0.3, 0.4) is 0 Å². The summed E-state index contributed by atoms with van der Waals surface area (Å²) in [5.74, 6) is -5.19. The molecule has 1 aliphatic rings. The minimum absolute atomic E-state index is 0.103. The summed E-state index contributed by atoms with van der Waals surface area (Å²) in [5, 5.41) is 18.8. The number of carboxylic acid groups (broad SMARTS) is 2. The van der Waals surface area contributed by atoms with Gasteiger partial charge in [0.25, 0.3) is 0 Å². The number of allylic oxidation sites excluding steroid dienone is 2. The van der Waals surface area contributed by atoms with Crippen LogP contribution in [0, 0.1) is 11.6 Å². The van der Waals surface area contributed by atoms with Gasteiger partial charge < -0.3 is 14.9 Å². The van der Waals surface area contributed by atoms with E-state index in [1.165, 1.54) is 20.1 Å². The summed E-state index contributed by atoms with van der Waals surface area (Å²) in [6.45, 7) is 1.49. The summed E-state index contributed by atoms with van der Waals surface area (Å²) in [4.78, 5) is 23.1. The zero-order chi connectivity index (χ0) is 17.4. The molecule has 1 aliphatic carbocycles. The maximum atomic E-state index is 14.3. The van der Waals surface area contributed by atoms with Gasteiger partial charge >= 0.3 is 11.9 Å². The van der Waals surface area contributed by atoms with Gasteiger partial charge in [-0.2, -0.15) is 0 Å². The highest BCUT2D eigenvalue weighted by atomic mass is 19.1. The van der Waals surface area contributed by atoms with E-state index >= 15 is 0 Å². The van der Waals surface area contributed by atoms with Gasteiger partial charge in [-0.25, -0.2) is 13.6 Å². The summed E-state index contributed by atoms with van der Waals surface area (Å²) < 4.78 is 33.4. The highest BCUT2D eigenvalue weighted by Gasteiger charge is 2.46. The van der Waals surface area contributed by atoms with E-state index in [1.54, 1.807) is 0 Å². The normalized spacial score (nSPS) is 20.5. The van der Waals surface area contributed by atoms with Crippen molar-refractivity contribution in [1.82, 2.24) is 0 Å². The van der Waals surface area contributed by atoms with Crippen molar-refractivity contribution < 1.29 is 33.3 Å². The molecule has 1 atom stereocenters. The molecule has 2 N–H and O–H groups in total. The van der Waals surface area contributed by atoms with E-state index in [-0.39, 0.29) is 11.3 Å². The number of hydrogen-bond acceptors (Lipinski definition) is 3. The summed E-state index contributed by atoms with van der Waals surface area (Å²) in [7, 11) is 1.22. The lowest BCUT2D eigenvalue weighted by Gasteiger charge is -2.31. The van der Waals surface area contributed by atoms with Crippen molar-refractivity contribution in [3.05, 3.63) is 52.6 Å². The van der Waals surface area contributed by atoms with Crippen LogP contribution in [-0.2, 0) is 15.0 Å². The van der Waals surface area contributed by atoms with Crippen LogP contribution in [0.2, 0.25) is 0 Å². The molecule has 0 heterocycles. The molecule has 0 aromatic heterocycles. The van der Waals surface area contributed by atoms with Crippen LogP contribution >= 0.6 is 0 Å². The lowest BCUT2D eigenvalue weighted by Crippen LogP contribution is -2.38. The van der Waals surface area contributed by atoms with E-state index in [2.05, 4.69) is 0 Å². The minimum atomic E-state index is -2.13. The smallest absolute Gasteiger partial charge is 0.331 e. The molecule has 1 unspecified atom stereocenters. The molecule has 1 aromatic rings. The second kappa shape index (κ2) is 5.83. The first-order valence-corrected chi connectivity index (χ1v) is 6.62. The molecular formula is C16H14F2O5. The number of rotatable bonds is 4. The SMILES string of the molecule is COc1cc(F)c(C2(C(=O)O)C=CC(C)=C(C(=O)O)C2)c(F)c1. The Hall–Kier alpha value is -2.70. The highest BCUT2D eigenvalue weighted by molar-refractivity contribution is 5.93.